The van der Waals surface area contributed by atoms with E-state index in [-0.39, 0.29) is 6.42 Å². The third-order valence-electron chi connectivity index (χ3n) is 4.33. The zero-order valence-electron chi connectivity index (χ0n) is 14.9. The first-order valence-electron chi connectivity index (χ1n) is 8.56. The van der Waals surface area contributed by atoms with Crippen LogP contribution in [0.3, 0.4) is 0 Å². The quantitative estimate of drug-likeness (QED) is 0.559. The van der Waals surface area contributed by atoms with Crippen molar-refractivity contribution < 1.29 is 8.78 Å². The van der Waals surface area contributed by atoms with E-state index in [2.05, 4.69) is 30.5 Å². The molecule has 10 heteroatoms. The second-order valence-corrected chi connectivity index (χ2v) is 6.33. The fourth-order valence-electron chi connectivity index (χ4n) is 2.93. The van der Waals surface area contributed by atoms with Gasteiger partial charge in [0.1, 0.15) is 6.33 Å². The molecule has 0 amide bonds. The second kappa shape index (κ2) is 6.86. The van der Waals surface area contributed by atoms with E-state index in [9.17, 15) is 8.78 Å². The Morgan fingerprint density at radius 1 is 1.22 bits per heavy atom. The van der Waals surface area contributed by atoms with Gasteiger partial charge in [-0.15, -0.1) is 0 Å². The summed E-state index contributed by atoms with van der Waals surface area (Å²) < 4.78 is 28.1. The average molecular weight is 372 g/mol. The summed E-state index contributed by atoms with van der Waals surface area (Å²) in [5.74, 6) is 0.403. The number of halogens is 2. The Labute approximate surface area is 153 Å². The van der Waals surface area contributed by atoms with E-state index in [1.807, 2.05) is 26.1 Å². The van der Waals surface area contributed by atoms with Crippen molar-refractivity contribution in [1.29, 1.82) is 0 Å². The van der Waals surface area contributed by atoms with Crippen LogP contribution in [0.15, 0.2) is 24.8 Å². The van der Waals surface area contributed by atoms with Crippen molar-refractivity contribution in [1.82, 2.24) is 34.3 Å². The second-order valence-electron chi connectivity index (χ2n) is 6.33. The zero-order chi connectivity index (χ0) is 19.0. The Bertz CT molecular complexity index is 1100. The Balaban J connectivity index is 1.64. The van der Waals surface area contributed by atoms with E-state index in [1.54, 1.807) is 15.4 Å². The number of anilines is 2. The van der Waals surface area contributed by atoms with E-state index >= 15 is 0 Å². The van der Waals surface area contributed by atoms with Crippen molar-refractivity contribution in [3.05, 3.63) is 36.0 Å². The molecule has 0 aliphatic rings. The largest absolute Gasteiger partial charge is 0.323 e. The van der Waals surface area contributed by atoms with E-state index in [4.69, 9.17) is 0 Å². The van der Waals surface area contributed by atoms with Crippen molar-refractivity contribution in [3.63, 3.8) is 0 Å². The van der Waals surface area contributed by atoms with Crippen molar-refractivity contribution in [2.24, 2.45) is 0 Å². The third-order valence-corrected chi connectivity index (χ3v) is 4.33. The molecule has 0 unspecified atom stereocenters. The van der Waals surface area contributed by atoms with Gasteiger partial charge in [-0.05, 0) is 31.9 Å². The molecule has 4 heterocycles. The van der Waals surface area contributed by atoms with Gasteiger partial charge in [0, 0.05) is 19.2 Å². The summed E-state index contributed by atoms with van der Waals surface area (Å²) in [5, 5.41) is 12.5. The molecular formula is C17H18F2N8. The molecule has 0 saturated carbocycles. The predicted octanol–water partition coefficient (Wildman–Crippen LogP) is 3.27. The molecule has 0 aromatic carbocycles. The van der Waals surface area contributed by atoms with Crippen LogP contribution in [-0.2, 0) is 6.54 Å². The Kier molecular flexibility index (Phi) is 4.38. The summed E-state index contributed by atoms with van der Waals surface area (Å²) >= 11 is 0. The molecule has 4 aromatic heterocycles. The number of nitrogens with one attached hydrogen (secondary N) is 1. The smallest absolute Gasteiger partial charge is 0.238 e. The van der Waals surface area contributed by atoms with Crippen LogP contribution >= 0.6 is 0 Å². The Hall–Kier alpha value is -3.17. The summed E-state index contributed by atoms with van der Waals surface area (Å²) in [6, 6.07) is 1.91. The summed E-state index contributed by atoms with van der Waals surface area (Å²) in [5.41, 5.74) is 3.92. The SMILES string of the molecule is Cc1cc2ncnn2cc1Nc1ncc2c(C)nn(CCCC(F)F)c2n1. The summed E-state index contributed by atoms with van der Waals surface area (Å²) in [6.07, 6.45) is 2.86. The van der Waals surface area contributed by atoms with Crippen molar-refractivity contribution >= 4 is 28.3 Å². The molecule has 0 aliphatic carbocycles. The zero-order valence-corrected chi connectivity index (χ0v) is 14.9. The summed E-state index contributed by atoms with van der Waals surface area (Å²) in [4.78, 5) is 13.0. The minimum atomic E-state index is -2.31. The van der Waals surface area contributed by atoms with Crippen molar-refractivity contribution in [2.45, 2.75) is 39.7 Å². The van der Waals surface area contributed by atoms with Crippen LogP contribution in [0.25, 0.3) is 16.7 Å². The van der Waals surface area contributed by atoms with Crippen LogP contribution in [0.4, 0.5) is 20.4 Å². The number of pyridine rings is 1. The Morgan fingerprint density at radius 2 is 2.07 bits per heavy atom. The fourth-order valence-corrected chi connectivity index (χ4v) is 2.93. The lowest BCUT2D eigenvalue weighted by Gasteiger charge is -2.09. The molecule has 4 rings (SSSR count). The first-order chi connectivity index (χ1) is 13.0. The van der Waals surface area contributed by atoms with E-state index in [0.29, 0.717) is 24.6 Å². The minimum Gasteiger partial charge on any atom is -0.323 e. The van der Waals surface area contributed by atoms with Gasteiger partial charge in [0.2, 0.25) is 12.4 Å². The van der Waals surface area contributed by atoms with Crippen LogP contribution in [-0.4, -0.2) is 40.8 Å². The summed E-state index contributed by atoms with van der Waals surface area (Å²) in [7, 11) is 0. The molecular weight excluding hydrogens is 354 g/mol. The van der Waals surface area contributed by atoms with Crippen LogP contribution in [0.1, 0.15) is 24.1 Å². The number of nitrogens with zero attached hydrogens (tertiary/aromatic N) is 7. The molecule has 8 nitrogen and oxygen atoms in total. The normalized spacial score (nSPS) is 11.7. The van der Waals surface area contributed by atoms with Crippen molar-refractivity contribution in [3.8, 4) is 0 Å². The maximum Gasteiger partial charge on any atom is 0.238 e. The number of rotatable bonds is 6. The topological polar surface area (TPSA) is 85.8 Å². The maximum absolute atomic E-state index is 12.4. The number of fused-ring (bicyclic) bond motifs is 2. The molecule has 27 heavy (non-hydrogen) atoms. The Morgan fingerprint density at radius 3 is 2.89 bits per heavy atom. The van der Waals surface area contributed by atoms with Crippen LogP contribution < -0.4 is 5.32 Å². The first kappa shape index (κ1) is 17.3. The molecule has 0 radical (unpaired) electrons. The van der Waals surface area contributed by atoms with Gasteiger partial charge in [-0.1, -0.05) is 0 Å². The van der Waals surface area contributed by atoms with Gasteiger partial charge < -0.3 is 5.32 Å². The number of aryl methyl sites for hydroxylation is 3. The maximum atomic E-state index is 12.4. The van der Waals surface area contributed by atoms with E-state index in [0.717, 1.165) is 28.0 Å². The molecule has 1 N–H and O–H groups in total. The molecule has 0 atom stereocenters. The van der Waals surface area contributed by atoms with Gasteiger partial charge in [-0.3, -0.25) is 0 Å². The monoisotopic (exact) mass is 372 g/mol. The summed E-state index contributed by atoms with van der Waals surface area (Å²) in [6.45, 7) is 4.19. The lowest BCUT2D eigenvalue weighted by Crippen LogP contribution is -2.05. The molecule has 0 aliphatic heterocycles. The molecule has 0 bridgehead atoms. The molecule has 0 saturated heterocycles. The molecule has 140 valence electrons. The van der Waals surface area contributed by atoms with Gasteiger partial charge in [0.25, 0.3) is 0 Å². The number of hydrogen-bond acceptors (Lipinski definition) is 6. The highest BCUT2D eigenvalue weighted by atomic mass is 19.3. The van der Waals surface area contributed by atoms with Gasteiger partial charge >= 0.3 is 0 Å². The van der Waals surface area contributed by atoms with Crippen LogP contribution in [0.5, 0.6) is 0 Å². The van der Waals surface area contributed by atoms with Gasteiger partial charge in [-0.2, -0.15) is 15.2 Å². The highest BCUT2D eigenvalue weighted by molar-refractivity contribution is 5.78. The fraction of sp³-hybridized carbons (Fsp3) is 0.353. The predicted molar refractivity (Wildman–Crippen MR) is 96.3 cm³/mol. The van der Waals surface area contributed by atoms with Crippen LogP contribution in [0, 0.1) is 13.8 Å². The van der Waals surface area contributed by atoms with E-state index < -0.39 is 6.43 Å². The lowest BCUT2D eigenvalue weighted by molar-refractivity contribution is 0.132. The minimum absolute atomic E-state index is 0.159. The van der Waals surface area contributed by atoms with Gasteiger partial charge in [0.05, 0.1) is 23.0 Å². The highest BCUT2D eigenvalue weighted by Crippen LogP contribution is 2.22. The van der Waals surface area contributed by atoms with Crippen molar-refractivity contribution in [2.75, 3.05) is 5.32 Å². The van der Waals surface area contributed by atoms with Gasteiger partial charge in [0.15, 0.2) is 11.3 Å². The standard InChI is InChI=1S/C17H18F2N8/c1-10-6-15-21-9-22-27(15)8-13(10)23-17-20-7-12-11(2)25-26(16(12)24-17)5-3-4-14(18)19/h6-9,14H,3-5H2,1-2H3,(H,20,23,24). The molecule has 4 aromatic rings. The number of aromatic nitrogens is 7. The third kappa shape index (κ3) is 3.42. The lowest BCUT2D eigenvalue weighted by atomic mass is 10.2. The average Bonchev–Trinajstić information content (AvgIpc) is 3.19. The number of alkyl halides is 2. The van der Waals surface area contributed by atoms with Gasteiger partial charge in [-0.25, -0.2) is 27.9 Å². The van der Waals surface area contributed by atoms with Crippen LogP contribution in [0.2, 0.25) is 0 Å². The first-order valence-corrected chi connectivity index (χ1v) is 8.56. The van der Waals surface area contributed by atoms with E-state index in [1.165, 1.54) is 6.33 Å². The highest BCUT2D eigenvalue weighted by Gasteiger charge is 2.13. The number of hydrogen-bond donors (Lipinski definition) is 1. The molecule has 0 spiro atoms. The molecule has 0 fully saturated rings.